The number of carbonyl (C=O) groups excluding carboxylic acids is 1. The predicted octanol–water partition coefficient (Wildman–Crippen LogP) is 2.77. The molecule has 2 aromatic carbocycles. The average molecular weight is 340 g/mol. The minimum absolute atomic E-state index is 0.0135. The van der Waals surface area contributed by atoms with Crippen molar-refractivity contribution in [1.82, 2.24) is 10.2 Å². The maximum absolute atomic E-state index is 12.4. The topological polar surface area (TPSA) is 50.8 Å². The minimum atomic E-state index is -0.0135. The number of hydrogen-bond donors (Lipinski definition) is 1. The highest BCUT2D eigenvalue weighted by Gasteiger charge is 2.16. The maximum atomic E-state index is 12.4. The summed E-state index contributed by atoms with van der Waals surface area (Å²) in [7, 11) is 4.02. The van der Waals surface area contributed by atoms with Crippen LogP contribution in [0.2, 0.25) is 0 Å². The highest BCUT2D eigenvalue weighted by Crippen LogP contribution is 2.32. The molecule has 0 aliphatic carbocycles. The van der Waals surface area contributed by atoms with Crippen LogP contribution in [0, 0.1) is 0 Å². The van der Waals surface area contributed by atoms with E-state index >= 15 is 0 Å². The third-order valence-corrected chi connectivity index (χ3v) is 4.16. The first-order valence-electron chi connectivity index (χ1n) is 8.49. The van der Waals surface area contributed by atoms with Crippen LogP contribution >= 0.6 is 0 Å². The molecule has 1 aliphatic heterocycles. The third-order valence-electron chi connectivity index (χ3n) is 4.16. The van der Waals surface area contributed by atoms with Gasteiger partial charge in [-0.2, -0.15) is 0 Å². The normalized spacial score (nSPS) is 13.7. The van der Waals surface area contributed by atoms with Gasteiger partial charge in [-0.25, -0.2) is 0 Å². The summed E-state index contributed by atoms with van der Waals surface area (Å²) in [6, 6.07) is 15.9. The number of rotatable bonds is 7. The summed E-state index contributed by atoms with van der Waals surface area (Å²) in [6.45, 7) is 1.03. The van der Waals surface area contributed by atoms with Gasteiger partial charge in [-0.3, -0.25) is 4.79 Å². The van der Waals surface area contributed by atoms with Crippen molar-refractivity contribution in [2.45, 2.75) is 18.9 Å². The van der Waals surface area contributed by atoms with Crippen LogP contribution in [0.15, 0.2) is 48.5 Å². The standard InChI is InChI=1S/C20H24N2O3/c1-22(2)13-17(16-6-4-3-5-7-16)21-20(23)11-9-15-8-10-18-19(12-15)25-14-24-18/h3-8,10,12,17H,9,11,13-14H2,1-2H3,(H,21,23)/t17-/m1/s1. The van der Waals surface area contributed by atoms with Crippen LogP contribution in [-0.4, -0.2) is 38.2 Å². The van der Waals surface area contributed by atoms with Crippen molar-refractivity contribution in [3.05, 3.63) is 59.7 Å². The van der Waals surface area contributed by atoms with Crippen molar-refractivity contribution < 1.29 is 14.3 Å². The number of hydrogen-bond acceptors (Lipinski definition) is 4. The first-order chi connectivity index (χ1) is 12.1. The molecule has 1 heterocycles. The smallest absolute Gasteiger partial charge is 0.231 e. The first-order valence-corrected chi connectivity index (χ1v) is 8.49. The number of nitrogens with zero attached hydrogens (tertiary/aromatic N) is 1. The lowest BCUT2D eigenvalue weighted by atomic mass is 10.1. The molecule has 0 spiro atoms. The highest BCUT2D eigenvalue weighted by molar-refractivity contribution is 5.76. The Morgan fingerprint density at radius 2 is 1.88 bits per heavy atom. The Balaban J connectivity index is 1.58. The number of aryl methyl sites for hydroxylation is 1. The fourth-order valence-electron chi connectivity index (χ4n) is 2.91. The lowest BCUT2D eigenvalue weighted by molar-refractivity contribution is -0.121. The van der Waals surface area contributed by atoms with E-state index in [0.29, 0.717) is 12.8 Å². The Morgan fingerprint density at radius 1 is 1.12 bits per heavy atom. The molecule has 5 heteroatoms. The molecule has 5 nitrogen and oxygen atoms in total. The number of nitrogens with one attached hydrogen (secondary N) is 1. The third kappa shape index (κ3) is 4.73. The second-order valence-corrected chi connectivity index (χ2v) is 6.48. The zero-order valence-corrected chi connectivity index (χ0v) is 14.7. The number of amides is 1. The van der Waals surface area contributed by atoms with Gasteiger partial charge >= 0.3 is 0 Å². The van der Waals surface area contributed by atoms with E-state index in [4.69, 9.17) is 9.47 Å². The largest absolute Gasteiger partial charge is 0.454 e. The second-order valence-electron chi connectivity index (χ2n) is 6.48. The Hall–Kier alpha value is -2.53. The molecule has 1 atom stereocenters. The molecule has 1 amide bonds. The molecule has 25 heavy (non-hydrogen) atoms. The maximum Gasteiger partial charge on any atom is 0.231 e. The molecule has 1 aliphatic rings. The molecule has 0 saturated heterocycles. The van der Waals surface area contributed by atoms with Gasteiger partial charge in [-0.15, -0.1) is 0 Å². The summed E-state index contributed by atoms with van der Waals surface area (Å²) in [5.74, 6) is 1.57. The number of benzene rings is 2. The summed E-state index contributed by atoms with van der Waals surface area (Å²) in [5, 5.41) is 3.15. The molecular weight excluding hydrogens is 316 g/mol. The summed E-state index contributed by atoms with van der Waals surface area (Å²) in [6.07, 6.45) is 1.11. The number of likely N-dealkylation sites (N-methyl/N-ethyl adjacent to an activating group) is 1. The summed E-state index contributed by atoms with van der Waals surface area (Å²) in [5.41, 5.74) is 2.19. The SMILES string of the molecule is CN(C)C[C@@H](NC(=O)CCc1ccc2c(c1)OCO2)c1ccccc1. The van der Waals surface area contributed by atoms with Crippen molar-refractivity contribution in [2.75, 3.05) is 27.4 Å². The van der Waals surface area contributed by atoms with Crippen LogP contribution in [0.25, 0.3) is 0 Å². The molecule has 3 rings (SSSR count). The Bertz CT molecular complexity index is 716. The Kier molecular flexibility index (Phi) is 5.56. The van der Waals surface area contributed by atoms with Crippen molar-refractivity contribution in [1.29, 1.82) is 0 Å². The van der Waals surface area contributed by atoms with Crippen molar-refractivity contribution in [3.63, 3.8) is 0 Å². The molecule has 132 valence electrons. The minimum Gasteiger partial charge on any atom is -0.454 e. The monoisotopic (exact) mass is 340 g/mol. The zero-order chi connectivity index (χ0) is 17.6. The summed E-state index contributed by atoms with van der Waals surface area (Å²) >= 11 is 0. The van der Waals surface area contributed by atoms with Gasteiger partial charge in [0.25, 0.3) is 0 Å². The lowest BCUT2D eigenvalue weighted by Crippen LogP contribution is -2.35. The molecule has 0 radical (unpaired) electrons. The Labute approximate surface area is 148 Å². The van der Waals surface area contributed by atoms with Crippen LogP contribution < -0.4 is 14.8 Å². The van der Waals surface area contributed by atoms with E-state index in [1.807, 2.05) is 62.6 Å². The van der Waals surface area contributed by atoms with Crippen molar-refractivity contribution in [2.24, 2.45) is 0 Å². The Morgan fingerprint density at radius 3 is 2.64 bits per heavy atom. The first kappa shape index (κ1) is 17.3. The van der Waals surface area contributed by atoms with E-state index in [1.54, 1.807) is 0 Å². The number of carbonyl (C=O) groups is 1. The van der Waals surface area contributed by atoms with E-state index in [9.17, 15) is 4.79 Å². The quantitative estimate of drug-likeness (QED) is 0.842. The molecular formula is C20H24N2O3. The number of ether oxygens (including phenoxy) is 2. The van der Waals surface area contributed by atoms with Crippen LogP contribution in [-0.2, 0) is 11.2 Å². The molecule has 0 bridgehead atoms. The lowest BCUT2D eigenvalue weighted by Gasteiger charge is -2.23. The molecule has 0 fully saturated rings. The highest BCUT2D eigenvalue weighted by atomic mass is 16.7. The van der Waals surface area contributed by atoms with Crippen LogP contribution in [0.3, 0.4) is 0 Å². The van der Waals surface area contributed by atoms with Crippen molar-refractivity contribution >= 4 is 5.91 Å². The van der Waals surface area contributed by atoms with Gasteiger partial charge in [0.15, 0.2) is 11.5 Å². The van der Waals surface area contributed by atoms with E-state index in [0.717, 1.165) is 29.2 Å². The fraction of sp³-hybridized carbons (Fsp3) is 0.350. The van der Waals surface area contributed by atoms with Gasteiger partial charge in [-0.05, 0) is 43.8 Å². The summed E-state index contributed by atoms with van der Waals surface area (Å²) in [4.78, 5) is 14.5. The van der Waals surface area contributed by atoms with E-state index in [-0.39, 0.29) is 18.7 Å². The molecule has 0 saturated carbocycles. The van der Waals surface area contributed by atoms with Gasteiger partial charge in [0.2, 0.25) is 12.7 Å². The molecule has 2 aromatic rings. The average Bonchev–Trinajstić information content (AvgIpc) is 3.07. The summed E-state index contributed by atoms with van der Waals surface area (Å²) < 4.78 is 10.7. The van der Waals surface area contributed by atoms with E-state index in [2.05, 4.69) is 10.2 Å². The van der Waals surface area contributed by atoms with Gasteiger partial charge < -0.3 is 19.7 Å². The van der Waals surface area contributed by atoms with Gasteiger partial charge in [0.05, 0.1) is 6.04 Å². The van der Waals surface area contributed by atoms with Crippen molar-refractivity contribution in [3.8, 4) is 11.5 Å². The fourth-order valence-corrected chi connectivity index (χ4v) is 2.91. The van der Waals surface area contributed by atoms with Crippen LogP contribution in [0.1, 0.15) is 23.6 Å². The molecule has 1 N–H and O–H groups in total. The van der Waals surface area contributed by atoms with Gasteiger partial charge in [-0.1, -0.05) is 36.4 Å². The van der Waals surface area contributed by atoms with Gasteiger partial charge in [0.1, 0.15) is 0 Å². The predicted molar refractivity (Wildman–Crippen MR) is 96.8 cm³/mol. The second kappa shape index (κ2) is 8.03. The van der Waals surface area contributed by atoms with E-state index in [1.165, 1.54) is 0 Å². The zero-order valence-electron chi connectivity index (χ0n) is 14.7. The number of fused-ring (bicyclic) bond motifs is 1. The van der Waals surface area contributed by atoms with Gasteiger partial charge in [0, 0.05) is 13.0 Å². The van der Waals surface area contributed by atoms with E-state index < -0.39 is 0 Å². The van der Waals surface area contributed by atoms with Crippen LogP contribution in [0.4, 0.5) is 0 Å². The molecule has 0 aromatic heterocycles. The molecule has 0 unspecified atom stereocenters. The van der Waals surface area contributed by atoms with Crippen LogP contribution in [0.5, 0.6) is 11.5 Å².